The monoisotopic (exact) mass is 758 g/mol. The number of carbonyl (C=O) groups excluding carboxylic acids is 1. The first-order valence-electron chi connectivity index (χ1n) is 18.7. The molecule has 4 aromatic carbocycles. The Hall–Kier alpha value is -4.67. The van der Waals surface area contributed by atoms with Gasteiger partial charge in [-0.05, 0) is 88.1 Å². The molecule has 54 heavy (non-hydrogen) atoms. The first kappa shape index (κ1) is 42.1. The minimum absolute atomic E-state index is 0.0685. The van der Waals surface area contributed by atoms with Crippen LogP contribution in [0.5, 0.6) is 23.0 Å². The summed E-state index contributed by atoms with van der Waals surface area (Å²) in [4.78, 5) is 12.3. The molecule has 11 heteroatoms. The molecule has 0 atom stereocenters. The van der Waals surface area contributed by atoms with E-state index in [1.54, 1.807) is 13.8 Å². The van der Waals surface area contributed by atoms with Gasteiger partial charge in [-0.2, -0.15) is 8.78 Å². The average Bonchev–Trinajstić information content (AvgIpc) is 3.15. The molecular formula is C43H48F6O5. The highest BCUT2D eigenvalue weighted by atomic mass is 19.2. The zero-order valence-electron chi connectivity index (χ0n) is 30.9. The lowest BCUT2D eigenvalue weighted by molar-refractivity contribution is -0.119. The Labute approximate surface area is 313 Å². The number of rotatable bonds is 24. The maximum atomic E-state index is 14.7. The summed E-state index contributed by atoms with van der Waals surface area (Å²) in [6.07, 6.45) is 9.89. The predicted molar refractivity (Wildman–Crippen MR) is 197 cm³/mol. The van der Waals surface area contributed by atoms with Crippen LogP contribution < -0.4 is 18.9 Å². The van der Waals surface area contributed by atoms with Crippen LogP contribution in [0.4, 0.5) is 26.3 Å². The van der Waals surface area contributed by atoms with Crippen molar-refractivity contribution in [3.63, 3.8) is 0 Å². The molecule has 4 aromatic rings. The van der Waals surface area contributed by atoms with Gasteiger partial charge in [0.25, 0.3) is 0 Å². The highest BCUT2D eigenvalue weighted by Crippen LogP contribution is 2.34. The third-order valence-electron chi connectivity index (χ3n) is 8.89. The predicted octanol–water partition coefficient (Wildman–Crippen LogP) is 12.4. The van der Waals surface area contributed by atoms with Crippen molar-refractivity contribution in [2.24, 2.45) is 0 Å². The second-order valence-electron chi connectivity index (χ2n) is 12.9. The van der Waals surface area contributed by atoms with Gasteiger partial charge in [0.2, 0.25) is 11.6 Å². The summed E-state index contributed by atoms with van der Waals surface area (Å²) in [5.41, 5.74) is -0.523. The van der Waals surface area contributed by atoms with Crippen LogP contribution in [0.15, 0.2) is 60.7 Å². The molecule has 0 aliphatic carbocycles. The van der Waals surface area contributed by atoms with Crippen molar-refractivity contribution >= 4 is 5.78 Å². The zero-order valence-corrected chi connectivity index (χ0v) is 30.9. The fraction of sp³-hybridized carbons (Fsp3) is 0.419. The lowest BCUT2D eigenvalue weighted by atomic mass is 10.0. The standard InChI is InChI=1S/C43H48F6O5/c1-3-51-38-23-21-34(40(46)42(38)48)32-19-17-30(27-36(32)44)53-25-13-9-5-7-11-15-29(50)16-12-8-6-10-14-26-54-31-18-20-33(37(45)28-31)35-22-24-39(52-4-2)43(49)41(35)47/h17-24,27-28H,3-16,25-26H2,1-2H3. The third-order valence-corrected chi connectivity index (χ3v) is 8.89. The Bertz CT molecular complexity index is 1690. The van der Waals surface area contributed by atoms with Crippen molar-refractivity contribution in [1.82, 2.24) is 0 Å². The normalized spacial score (nSPS) is 11.1. The van der Waals surface area contributed by atoms with Crippen molar-refractivity contribution < 1.29 is 50.1 Å². The van der Waals surface area contributed by atoms with Gasteiger partial charge in [0.15, 0.2) is 23.1 Å². The van der Waals surface area contributed by atoms with Crippen LogP contribution in [0.3, 0.4) is 0 Å². The van der Waals surface area contributed by atoms with Gasteiger partial charge in [-0.1, -0.05) is 38.5 Å². The van der Waals surface area contributed by atoms with Crippen LogP contribution in [-0.2, 0) is 4.79 Å². The molecule has 0 heterocycles. The Morgan fingerprint density at radius 1 is 0.444 bits per heavy atom. The van der Waals surface area contributed by atoms with Gasteiger partial charge in [-0.25, -0.2) is 17.6 Å². The number of unbranched alkanes of at least 4 members (excludes halogenated alkanes) is 8. The molecule has 0 unspecified atom stereocenters. The van der Waals surface area contributed by atoms with E-state index in [2.05, 4.69) is 0 Å². The number of carbonyl (C=O) groups is 1. The summed E-state index contributed by atoms with van der Waals surface area (Å²) in [6.45, 7) is 4.44. The minimum atomic E-state index is -1.17. The van der Waals surface area contributed by atoms with E-state index in [0.717, 1.165) is 76.3 Å². The largest absolute Gasteiger partial charge is 0.493 e. The summed E-state index contributed by atoms with van der Waals surface area (Å²) in [7, 11) is 0. The Morgan fingerprint density at radius 2 is 0.815 bits per heavy atom. The van der Waals surface area contributed by atoms with Crippen molar-refractivity contribution in [3.05, 3.63) is 95.6 Å². The summed E-state index contributed by atoms with van der Waals surface area (Å²) >= 11 is 0. The SMILES string of the molecule is CCOc1ccc(-c2ccc(OCCCCCCCC(=O)CCCCCCCOc3ccc(-c4ccc(OCC)c(F)c4F)c(F)c3)cc2F)c(F)c1F. The third kappa shape index (κ3) is 12.2. The molecule has 0 amide bonds. The molecule has 0 spiro atoms. The van der Waals surface area contributed by atoms with E-state index in [-0.39, 0.29) is 52.7 Å². The maximum Gasteiger partial charge on any atom is 0.201 e. The van der Waals surface area contributed by atoms with Crippen molar-refractivity contribution in [2.75, 3.05) is 26.4 Å². The first-order chi connectivity index (χ1) is 26.1. The summed E-state index contributed by atoms with van der Waals surface area (Å²) in [5, 5.41) is 0. The van der Waals surface area contributed by atoms with E-state index >= 15 is 0 Å². The van der Waals surface area contributed by atoms with E-state index in [9.17, 15) is 31.1 Å². The summed E-state index contributed by atoms with van der Waals surface area (Å²) in [6, 6.07) is 13.2. The molecule has 5 nitrogen and oxygen atoms in total. The number of Topliss-reactive ketones (excluding diaryl/α,β-unsaturated/α-hetero) is 1. The van der Waals surface area contributed by atoms with Crippen LogP contribution in [0, 0.1) is 34.9 Å². The van der Waals surface area contributed by atoms with Crippen LogP contribution >= 0.6 is 0 Å². The molecule has 0 N–H and O–H groups in total. The van der Waals surface area contributed by atoms with Gasteiger partial charge in [0.1, 0.15) is 28.9 Å². The number of hydrogen-bond donors (Lipinski definition) is 0. The molecular weight excluding hydrogens is 710 g/mol. The van der Waals surface area contributed by atoms with E-state index in [0.29, 0.717) is 37.6 Å². The fourth-order valence-electron chi connectivity index (χ4n) is 6.04. The Kier molecular flexibility index (Phi) is 17.1. The van der Waals surface area contributed by atoms with Crippen LogP contribution in [0.25, 0.3) is 22.3 Å². The number of benzene rings is 4. The molecule has 292 valence electrons. The second kappa shape index (κ2) is 21.9. The van der Waals surface area contributed by atoms with E-state index < -0.39 is 34.9 Å². The Balaban J connectivity index is 1.00. The molecule has 4 rings (SSSR count). The molecule has 0 aromatic heterocycles. The highest BCUT2D eigenvalue weighted by molar-refractivity contribution is 5.78. The quantitative estimate of drug-likeness (QED) is 0.0526. The topological polar surface area (TPSA) is 54.0 Å². The Morgan fingerprint density at radius 3 is 1.20 bits per heavy atom. The van der Waals surface area contributed by atoms with E-state index in [4.69, 9.17) is 18.9 Å². The smallest absolute Gasteiger partial charge is 0.201 e. The van der Waals surface area contributed by atoms with Crippen LogP contribution in [0.1, 0.15) is 90.9 Å². The van der Waals surface area contributed by atoms with E-state index in [1.165, 1.54) is 48.5 Å². The molecule has 0 saturated heterocycles. The molecule has 0 fully saturated rings. The molecule has 0 aliphatic rings. The van der Waals surface area contributed by atoms with Crippen molar-refractivity contribution in [3.8, 4) is 45.3 Å². The molecule has 0 bridgehead atoms. The van der Waals surface area contributed by atoms with Crippen molar-refractivity contribution in [2.45, 2.75) is 90.9 Å². The number of ether oxygens (including phenoxy) is 4. The van der Waals surface area contributed by atoms with Crippen LogP contribution in [-0.4, -0.2) is 32.2 Å². The highest BCUT2D eigenvalue weighted by Gasteiger charge is 2.20. The van der Waals surface area contributed by atoms with Gasteiger partial charge < -0.3 is 18.9 Å². The van der Waals surface area contributed by atoms with Gasteiger partial charge >= 0.3 is 0 Å². The summed E-state index contributed by atoms with van der Waals surface area (Å²) < 4.78 is 108. The van der Waals surface area contributed by atoms with Gasteiger partial charge in [0.05, 0.1) is 26.4 Å². The molecule has 0 radical (unpaired) electrons. The lowest BCUT2D eigenvalue weighted by Gasteiger charge is -2.11. The van der Waals surface area contributed by atoms with Gasteiger partial charge in [0, 0.05) is 47.2 Å². The number of halogens is 6. The van der Waals surface area contributed by atoms with Gasteiger partial charge in [-0.15, -0.1) is 0 Å². The van der Waals surface area contributed by atoms with Crippen LogP contribution in [0.2, 0.25) is 0 Å². The first-order valence-corrected chi connectivity index (χ1v) is 18.7. The minimum Gasteiger partial charge on any atom is -0.493 e. The maximum absolute atomic E-state index is 14.7. The van der Waals surface area contributed by atoms with Crippen molar-refractivity contribution in [1.29, 1.82) is 0 Å². The molecule has 0 saturated carbocycles. The molecule has 0 aliphatic heterocycles. The summed E-state index contributed by atoms with van der Waals surface area (Å²) in [5.74, 6) is -5.65. The number of hydrogen-bond acceptors (Lipinski definition) is 5. The second-order valence-corrected chi connectivity index (χ2v) is 12.9. The fourth-order valence-corrected chi connectivity index (χ4v) is 6.04. The number of ketones is 1. The zero-order chi connectivity index (χ0) is 38.9. The van der Waals surface area contributed by atoms with E-state index in [1.807, 2.05) is 0 Å². The average molecular weight is 759 g/mol. The van der Waals surface area contributed by atoms with Gasteiger partial charge in [-0.3, -0.25) is 4.79 Å². The lowest BCUT2D eigenvalue weighted by Crippen LogP contribution is -2.01.